The topological polar surface area (TPSA) is 116 Å². The fraction of sp³-hybridized carbons (Fsp3) is 0.231. The van der Waals surface area contributed by atoms with Crippen molar-refractivity contribution in [2.45, 2.75) is 6.92 Å². The summed E-state index contributed by atoms with van der Waals surface area (Å²) in [6, 6.07) is 0. The van der Waals surface area contributed by atoms with E-state index in [2.05, 4.69) is 25.4 Å². The van der Waals surface area contributed by atoms with Crippen LogP contribution in [0, 0.1) is 0 Å². The summed E-state index contributed by atoms with van der Waals surface area (Å²) in [7, 11) is 1.69. The predicted octanol–water partition coefficient (Wildman–Crippen LogP) is 0.287. The van der Waals surface area contributed by atoms with Gasteiger partial charge in [0.2, 0.25) is 0 Å². The van der Waals surface area contributed by atoms with Crippen LogP contribution in [-0.2, 0) is 11.8 Å². The van der Waals surface area contributed by atoms with E-state index in [4.69, 9.17) is 4.74 Å². The third-order valence-corrected chi connectivity index (χ3v) is 3.08. The summed E-state index contributed by atoms with van der Waals surface area (Å²) in [6.07, 6.45) is 5.48. The Hall–Kier alpha value is -3.30. The number of aromatic nitrogens is 6. The van der Waals surface area contributed by atoms with Crippen molar-refractivity contribution in [2.24, 2.45) is 7.05 Å². The van der Waals surface area contributed by atoms with Gasteiger partial charge in [0.1, 0.15) is 17.6 Å². The number of amides is 1. The largest absolute Gasteiger partial charge is 0.462 e. The van der Waals surface area contributed by atoms with Crippen LogP contribution in [0.5, 0.6) is 0 Å². The molecule has 0 atom stereocenters. The van der Waals surface area contributed by atoms with E-state index in [1.165, 1.54) is 29.6 Å². The summed E-state index contributed by atoms with van der Waals surface area (Å²) in [5, 5.41) is 6.62. The average molecular weight is 315 g/mol. The number of hydrogen-bond acceptors (Lipinski definition) is 7. The summed E-state index contributed by atoms with van der Waals surface area (Å²) in [6.45, 7) is 1.89. The minimum atomic E-state index is -0.613. The van der Waals surface area contributed by atoms with Crippen LogP contribution >= 0.6 is 0 Å². The van der Waals surface area contributed by atoms with Gasteiger partial charge in [-0.05, 0) is 6.92 Å². The lowest BCUT2D eigenvalue weighted by atomic mass is 10.3. The highest BCUT2D eigenvalue weighted by molar-refractivity contribution is 6.06. The lowest BCUT2D eigenvalue weighted by Gasteiger charge is -2.11. The summed E-state index contributed by atoms with van der Waals surface area (Å²) in [4.78, 5) is 36.3. The van der Waals surface area contributed by atoms with Gasteiger partial charge in [-0.2, -0.15) is 14.6 Å². The monoisotopic (exact) mass is 315 g/mol. The molecule has 3 aromatic rings. The first kappa shape index (κ1) is 14.6. The molecule has 0 aliphatic heterocycles. The van der Waals surface area contributed by atoms with Crippen molar-refractivity contribution in [3.8, 4) is 0 Å². The standard InChI is InChI=1S/C13H13N7O3/c1-3-23-12(22)8-4-15-13-16-6-17-20(13)10(8)18-11(21)9-5-14-7-19(9)2/h4-7H,3H2,1-2H3,(H,18,21). The van der Waals surface area contributed by atoms with Gasteiger partial charge in [-0.15, -0.1) is 0 Å². The highest BCUT2D eigenvalue weighted by Crippen LogP contribution is 2.17. The molecule has 0 aliphatic rings. The lowest BCUT2D eigenvalue weighted by molar-refractivity contribution is 0.0526. The number of ether oxygens (including phenoxy) is 1. The van der Waals surface area contributed by atoms with Crippen LogP contribution < -0.4 is 5.32 Å². The van der Waals surface area contributed by atoms with Gasteiger partial charge in [-0.1, -0.05) is 0 Å². The molecule has 0 unspecified atom stereocenters. The van der Waals surface area contributed by atoms with Gasteiger partial charge in [0.25, 0.3) is 11.7 Å². The van der Waals surface area contributed by atoms with E-state index >= 15 is 0 Å². The van der Waals surface area contributed by atoms with Crippen molar-refractivity contribution in [3.05, 3.63) is 36.3 Å². The van der Waals surface area contributed by atoms with Crippen molar-refractivity contribution in [2.75, 3.05) is 11.9 Å². The maximum Gasteiger partial charge on any atom is 0.343 e. The van der Waals surface area contributed by atoms with Gasteiger partial charge in [0, 0.05) is 13.2 Å². The Labute approximate surface area is 130 Å². The predicted molar refractivity (Wildman–Crippen MR) is 77.9 cm³/mol. The SMILES string of the molecule is CCOC(=O)c1cnc2ncnn2c1NC(=O)c1cncn1C. The summed E-state index contributed by atoms with van der Waals surface area (Å²) in [5.41, 5.74) is 0.408. The quantitative estimate of drug-likeness (QED) is 0.687. The molecule has 0 saturated heterocycles. The van der Waals surface area contributed by atoms with E-state index in [1.54, 1.807) is 18.5 Å². The molecule has 3 aromatic heterocycles. The van der Waals surface area contributed by atoms with Gasteiger partial charge in [-0.25, -0.2) is 14.8 Å². The number of rotatable bonds is 4. The fourth-order valence-corrected chi connectivity index (χ4v) is 2.00. The van der Waals surface area contributed by atoms with Gasteiger partial charge in [0.15, 0.2) is 5.82 Å². The van der Waals surface area contributed by atoms with Crippen molar-refractivity contribution in [1.82, 2.24) is 29.1 Å². The lowest BCUT2D eigenvalue weighted by Crippen LogP contribution is -2.21. The first-order valence-electron chi connectivity index (χ1n) is 6.75. The zero-order valence-electron chi connectivity index (χ0n) is 12.4. The second-order valence-corrected chi connectivity index (χ2v) is 4.56. The molecule has 23 heavy (non-hydrogen) atoms. The number of hydrogen-bond donors (Lipinski definition) is 1. The minimum absolute atomic E-state index is 0.0837. The normalized spacial score (nSPS) is 10.7. The van der Waals surface area contributed by atoms with E-state index in [-0.39, 0.29) is 23.8 Å². The average Bonchev–Trinajstić information content (AvgIpc) is 3.16. The van der Waals surface area contributed by atoms with Crippen molar-refractivity contribution in [1.29, 1.82) is 0 Å². The van der Waals surface area contributed by atoms with Gasteiger partial charge in [-0.3, -0.25) is 4.79 Å². The van der Waals surface area contributed by atoms with Crippen LogP contribution in [0.2, 0.25) is 0 Å². The molecule has 118 valence electrons. The molecule has 3 heterocycles. The van der Waals surface area contributed by atoms with E-state index in [9.17, 15) is 9.59 Å². The van der Waals surface area contributed by atoms with Crippen molar-refractivity contribution >= 4 is 23.5 Å². The Balaban J connectivity index is 2.05. The number of anilines is 1. The number of carbonyl (C=O) groups is 2. The molecule has 0 saturated carbocycles. The molecular formula is C13H13N7O3. The fourth-order valence-electron chi connectivity index (χ4n) is 2.00. The van der Waals surface area contributed by atoms with Crippen LogP contribution in [0.15, 0.2) is 25.0 Å². The number of fused-ring (bicyclic) bond motifs is 1. The minimum Gasteiger partial charge on any atom is -0.462 e. The molecular weight excluding hydrogens is 302 g/mol. The second kappa shape index (κ2) is 5.83. The molecule has 10 heteroatoms. The van der Waals surface area contributed by atoms with Gasteiger partial charge < -0.3 is 14.6 Å². The number of nitrogens with one attached hydrogen (secondary N) is 1. The Bertz CT molecular complexity index is 883. The van der Waals surface area contributed by atoms with E-state index < -0.39 is 11.9 Å². The Kier molecular flexibility index (Phi) is 3.71. The van der Waals surface area contributed by atoms with Crippen LogP contribution in [0.3, 0.4) is 0 Å². The summed E-state index contributed by atoms with van der Waals surface area (Å²) < 4.78 is 7.80. The Morgan fingerprint density at radius 2 is 2.13 bits per heavy atom. The molecule has 1 N–H and O–H groups in total. The summed E-state index contributed by atoms with van der Waals surface area (Å²) in [5.74, 6) is -0.674. The molecule has 0 bridgehead atoms. The van der Waals surface area contributed by atoms with Gasteiger partial charge in [0.05, 0.1) is 19.1 Å². The van der Waals surface area contributed by atoms with E-state index in [0.29, 0.717) is 5.69 Å². The molecule has 0 aliphatic carbocycles. The first-order valence-corrected chi connectivity index (χ1v) is 6.75. The highest BCUT2D eigenvalue weighted by Gasteiger charge is 2.21. The molecule has 0 aromatic carbocycles. The van der Waals surface area contributed by atoms with Crippen LogP contribution in [0.25, 0.3) is 5.78 Å². The van der Waals surface area contributed by atoms with Crippen molar-refractivity contribution in [3.63, 3.8) is 0 Å². The van der Waals surface area contributed by atoms with Crippen LogP contribution in [0.1, 0.15) is 27.8 Å². The maximum atomic E-state index is 12.4. The summed E-state index contributed by atoms with van der Waals surface area (Å²) >= 11 is 0. The molecule has 0 spiro atoms. The molecule has 10 nitrogen and oxygen atoms in total. The van der Waals surface area contributed by atoms with E-state index in [0.717, 1.165) is 0 Å². The maximum absolute atomic E-state index is 12.4. The molecule has 0 fully saturated rings. The first-order chi connectivity index (χ1) is 11.1. The van der Waals surface area contributed by atoms with Crippen molar-refractivity contribution < 1.29 is 14.3 Å². The third-order valence-electron chi connectivity index (χ3n) is 3.08. The number of carbonyl (C=O) groups excluding carboxylic acids is 2. The third kappa shape index (κ3) is 2.61. The molecule has 3 rings (SSSR count). The van der Waals surface area contributed by atoms with Crippen LogP contribution in [0.4, 0.5) is 5.82 Å². The zero-order chi connectivity index (χ0) is 16.4. The second-order valence-electron chi connectivity index (χ2n) is 4.56. The molecule has 0 radical (unpaired) electrons. The Morgan fingerprint density at radius 1 is 1.30 bits per heavy atom. The van der Waals surface area contributed by atoms with Gasteiger partial charge >= 0.3 is 5.97 Å². The number of aryl methyl sites for hydroxylation is 1. The van der Waals surface area contributed by atoms with E-state index in [1.807, 2.05) is 0 Å². The zero-order valence-corrected chi connectivity index (χ0v) is 12.4. The smallest absolute Gasteiger partial charge is 0.343 e. The number of esters is 1. The highest BCUT2D eigenvalue weighted by atomic mass is 16.5. The number of imidazole rings is 1. The number of nitrogens with zero attached hydrogens (tertiary/aromatic N) is 6. The Morgan fingerprint density at radius 3 is 2.83 bits per heavy atom. The molecule has 1 amide bonds. The van der Waals surface area contributed by atoms with Crippen LogP contribution in [-0.4, -0.2) is 47.6 Å².